The van der Waals surface area contributed by atoms with Gasteiger partial charge in [-0.05, 0) is 0 Å². The maximum atomic E-state index is 12.6. The first-order valence-electron chi connectivity index (χ1n) is 2.90. The summed E-state index contributed by atoms with van der Waals surface area (Å²) in [5.74, 6) is -1.11. The second-order valence-electron chi connectivity index (χ2n) is 1.93. The Morgan fingerprint density at radius 3 is 2.67 bits per heavy atom. The van der Waals surface area contributed by atoms with Gasteiger partial charge < -0.3 is 0 Å². The third-order valence-electron chi connectivity index (χ3n) is 1.21. The van der Waals surface area contributed by atoms with E-state index in [1.54, 1.807) is 0 Å². The smallest absolute Gasteiger partial charge is 0.298 e. The van der Waals surface area contributed by atoms with Gasteiger partial charge in [0.25, 0.3) is 0 Å². The van der Waals surface area contributed by atoms with Gasteiger partial charge in [-0.1, -0.05) is 0 Å². The summed E-state index contributed by atoms with van der Waals surface area (Å²) in [5.41, 5.74) is -1.19. The number of nitro groups is 1. The molecule has 5 nitrogen and oxygen atoms in total. The lowest BCUT2D eigenvalue weighted by Gasteiger charge is -1.94. The molecule has 6 heteroatoms. The Morgan fingerprint density at radius 2 is 2.25 bits per heavy atom. The second kappa shape index (κ2) is 3.04. The summed E-state index contributed by atoms with van der Waals surface area (Å²) < 4.78 is 12.6. The van der Waals surface area contributed by atoms with Crippen LogP contribution in [0.4, 0.5) is 10.1 Å². The highest BCUT2D eigenvalue weighted by atomic mass is 19.1. The molecule has 0 bridgehead atoms. The highest BCUT2D eigenvalue weighted by Gasteiger charge is 2.19. The number of halogens is 1. The molecule has 1 heterocycles. The van der Waals surface area contributed by atoms with Crippen molar-refractivity contribution in [3.05, 3.63) is 33.9 Å². The molecule has 0 atom stereocenters. The van der Waals surface area contributed by atoms with Gasteiger partial charge in [-0.25, -0.2) is 0 Å². The van der Waals surface area contributed by atoms with Crippen molar-refractivity contribution in [3.63, 3.8) is 0 Å². The number of aldehydes is 1. The van der Waals surface area contributed by atoms with E-state index in [1.807, 2.05) is 0 Å². The van der Waals surface area contributed by atoms with Gasteiger partial charge in [-0.3, -0.25) is 19.9 Å². The van der Waals surface area contributed by atoms with E-state index >= 15 is 0 Å². The Kier molecular flexibility index (Phi) is 2.09. The van der Waals surface area contributed by atoms with E-state index in [4.69, 9.17) is 0 Å². The average molecular weight is 170 g/mol. The molecule has 0 N–H and O–H groups in total. The second-order valence-corrected chi connectivity index (χ2v) is 1.93. The highest BCUT2D eigenvalue weighted by molar-refractivity contribution is 5.80. The number of hydrogen-bond donors (Lipinski definition) is 0. The molecule has 0 aliphatic rings. The van der Waals surface area contributed by atoms with Gasteiger partial charge in [0.1, 0.15) is 5.56 Å². The predicted octanol–water partition coefficient (Wildman–Crippen LogP) is 0.941. The molecular weight excluding hydrogens is 167 g/mol. The molecule has 0 saturated carbocycles. The number of rotatable bonds is 2. The molecule has 0 fully saturated rings. The summed E-state index contributed by atoms with van der Waals surface area (Å²) in [7, 11) is 0. The number of hydrogen-bond acceptors (Lipinski definition) is 4. The van der Waals surface area contributed by atoms with Crippen LogP contribution in [0, 0.1) is 15.9 Å². The van der Waals surface area contributed by atoms with Gasteiger partial charge in [0.15, 0.2) is 6.29 Å². The quantitative estimate of drug-likeness (QED) is 0.376. The van der Waals surface area contributed by atoms with Crippen LogP contribution in [0.1, 0.15) is 10.4 Å². The van der Waals surface area contributed by atoms with E-state index in [0.29, 0.717) is 6.20 Å². The zero-order valence-electron chi connectivity index (χ0n) is 5.73. The molecule has 1 rings (SSSR count). The summed E-state index contributed by atoms with van der Waals surface area (Å²) in [4.78, 5) is 22.7. The van der Waals surface area contributed by atoms with E-state index in [1.165, 1.54) is 0 Å². The van der Waals surface area contributed by atoms with E-state index in [2.05, 4.69) is 4.98 Å². The van der Waals surface area contributed by atoms with Gasteiger partial charge in [-0.2, -0.15) is 4.39 Å². The van der Waals surface area contributed by atoms with Gasteiger partial charge in [-0.15, -0.1) is 0 Å². The predicted molar refractivity (Wildman–Crippen MR) is 36.2 cm³/mol. The van der Waals surface area contributed by atoms with Crippen molar-refractivity contribution >= 4 is 12.0 Å². The molecule has 0 spiro atoms. The normalized spacial score (nSPS) is 9.42. The van der Waals surface area contributed by atoms with Crippen LogP contribution in [0.25, 0.3) is 0 Å². The van der Waals surface area contributed by atoms with Crippen LogP contribution in [0.15, 0.2) is 12.4 Å². The third kappa shape index (κ3) is 1.26. The van der Waals surface area contributed by atoms with Crippen LogP contribution >= 0.6 is 0 Å². The van der Waals surface area contributed by atoms with Crippen LogP contribution < -0.4 is 0 Å². The molecule has 0 saturated heterocycles. The SMILES string of the molecule is O=Cc1cncc(F)c1[N+](=O)[O-]. The third-order valence-corrected chi connectivity index (χ3v) is 1.21. The van der Waals surface area contributed by atoms with E-state index in [-0.39, 0.29) is 11.8 Å². The molecule has 0 amide bonds. The minimum absolute atomic E-state index is 0.189. The number of pyridine rings is 1. The standard InChI is InChI=1S/C6H3FN2O3/c7-5-2-8-1-4(3-10)6(5)9(11)12/h1-3H. The zero-order chi connectivity index (χ0) is 9.14. The van der Waals surface area contributed by atoms with Crippen LogP contribution in [0.5, 0.6) is 0 Å². The Labute approximate surface area is 66.0 Å². The highest BCUT2D eigenvalue weighted by Crippen LogP contribution is 2.18. The van der Waals surface area contributed by atoms with Crippen LogP contribution in [0.2, 0.25) is 0 Å². The summed E-state index contributed by atoms with van der Waals surface area (Å²) in [5, 5.41) is 10.2. The lowest BCUT2D eigenvalue weighted by molar-refractivity contribution is -0.387. The molecule has 12 heavy (non-hydrogen) atoms. The van der Waals surface area contributed by atoms with Crippen molar-refractivity contribution in [3.8, 4) is 0 Å². The summed E-state index contributed by atoms with van der Waals surface area (Å²) >= 11 is 0. The molecule has 62 valence electrons. The average Bonchev–Trinajstić information content (AvgIpc) is 2.03. The molecule has 1 aromatic rings. The van der Waals surface area contributed by atoms with E-state index < -0.39 is 16.4 Å². The number of nitrogens with zero attached hydrogens (tertiary/aromatic N) is 2. The van der Waals surface area contributed by atoms with Gasteiger partial charge in [0.05, 0.1) is 11.1 Å². The number of carbonyl (C=O) groups excluding carboxylic acids is 1. The molecule has 1 aromatic heterocycles. The monoisotopic (exact) mass is 170 g/mol. The first-order valence-corrected chi connectivity index (χ1v) is 2.90. The summed E-state index contributed by atoms with van der Waals surface area (Å²) in [6.07, 6.45) is 1.81. The van der Waals surface area contributed by atoms with Crippen LogP contribution in [-0.4, -0.2) is 16.2 Å². The number of aromatic nitrogens is 1. The largest absolute Gasteiger partial charge is 0.318 e. The van der Waals surface area contributed by atoms with Crippen LogP contribution in [0.3, 0.4) is 0 Å². The van der Waals surface area contributed by atoms with E-state index in [9.17, 15) is 19.3 Å². The molecular formula is C6H3FN2O3. The molecule has 0 unspecified atom stereocenters. The minimum atomic E-state index is -1.11. The number of carbonyl (C=O) groups is 1. The maximum absolute atomic E-state index is 12.6. The van der Waals surface area contributed by atoms with Crippen molar-refractivity contribution in [1.29, 1.82) is 0 Å². The summed E-state index contributed by atoms with van der Waals surface area (Å²) in [6, 6.07) is 0. The van der Waals surface area contributed by atoms with Crippen molar-refractivity contribution < 1.29 is 14.1 Å². The van der Waals surface area contributed by atoms with Crippen molar-refractivity contribution in [1.82, 2.24) is 4.98 Å². The van der Waals surface area contributed by atoms with Crippen molar-refractivity contribution in [2.24, 2.45) is 0 Å². The topological polar surface area (TPSA) is 73.1 Å². The van der Waals surface area contributed by atoms with Gasteiger partial charge in [0.2, 0.25) is 5.82 Å². The summed E-state index contributed by atoms with van der Waals surface area (Å²) in [6.45, 7) is 0. The molecule has 0 aliphatic heterocycles. The minimum Gasteiger partial charge on any atom is -0.298 e. The fraction of sp³-hybridized carbons (Fsp3) is 0. The Morgan fingerprint density at radius 1 is 1.58 bits per heavy atom. The van der Waals surface area contributed by atoms with E-state index in [0.717, 1.165) is 6.20 Å². The molecule has 0 aromatic carbocycles. The Balaban J connectivity index is 3.39. The molecule has 0 aliphatic carbocycles. The first kappa shape index (κ1) is 8.25. The van der Waals surface area contributed by atoms with Gasteiger partial charge in [0, 0.05) is 6.20 Å². The zero-order valence-corrected chi connectivity index (χ0v) is 5.73. The van der Waals surface area contributed by atoms with Crippen molar-refractivity contribution in [2.45, 2.75) is 0 Å². The first-order chi connectivity index (χ1) is 5.66. The Bertz CT molecular complexity index is 340. The fourth-order valence-electron chi connectivity index (χ4n) is 0.722. The maximum Gasteiger partial charge on any atom is 0.318 e. The Hall–Kier alpha value is -1.85. The van der Waals surface area contributed by atoms with Crippen LogP contribution in [-0.2, 0) is 0 Å². The lowest BCUT2D eigenvalue weighted by Crippen LogP contribution is -1.98. The lowest BCUT2D eigenvalue weighted by atomic mass is 10.2. The van der Waals surface area contributed by atoms with Crippen molar-refractivity contribution in [2.75, 3.05) is 0 Å². The molecule has 0 radical (unpaired) electrons. The fourth-order valence-corrected chi connectivity index (χ4v) is 0.722. The van der Waals surface area contributed by atoms with Gasteiger partial charge >= 0.3 is 5.69 Å².